The highest BCUT2D eigenvalue weighted by Gasteiger charge is 2.28. The third-order valence-electron chi connectivity index (χ3n) is 5.29. The molecule has 27 heavy (non-hydrogen) atoms. The Labute approximate surface area is 164 Å². The van der Waals surface area contributed by atoms with Crippen LogP contribution in [0.4, 0.5) is 0 Å². The third kappa shape index (κ3) is 6.38. The van der Waals surface area contributed by atoms with E-state index in [1.165, 1.54) is 13.0 Å². The van der Waals surface area contributed by atoms with Crippen molar-refractivity contribution in [2.24, 2.45) is 0 Å². The summed E-state index contributed by atoms with van der Waals surface area (Å²) in [6, 6.07) is 8.30. The van der Waals surface area contributed by atoms with Crippen LogP contribution in [0.1, 0.15) is 24.5 Å². The van der Waals surface area contributed by atoms with E-state index < -0.39 is 0 Å². The Bertz CT molecular complexity index is 688. The zero-order chi connectivity index (χ0) is 18.8. The Morgan fingerprint density at radius 3 is 2.11 bits per heavy atom. The van der Waals surface area contributed by atoms with Crippen LogP contribution in [-0.4, -0.2) is 81.6 Å². The molecular formula is C23H31N2O2+. The molecular weight excluding hydrogens is 336 g/mol. The second-order valence-electron chi connectivity index (χ2n) is 7.35. The first-order valence-electron chi connectivity index (χ1n) is 10.1. The van der Waals surface area contributed by atoms with Gasteiger partial charge in [-0.2, -0.15) is 0 Å². The van der Waals surface area contributed by atoms with Crippen molar-refractivity contribution in [1.82, 2.24) is 4.90 Å². The summed E-state index contributed by atoms with van der Waals surface area (Å²) in [6.45, 7) is 12.7. The van der Waals surface area contributed by atoms with Crippen molar-refractivity contribution in [3.8, 4) is 23.7 Å². The largest absolute Gasteiger partial charge is 0.379 e. The van der Waals surface area contributed by atoms with Crippen LogP contribution >= 0.6 is 0 Å². The highest BCUT2D eigenvalue weighted by Crippen LogP contribution is 2.12. The normalized spacial score (nSPS) is 19.4. The van der Waals surface area contributed by atoms with Crippen LogP contribution in [0.15, 0.2) is 24.3 Å². The standard InChI is InChI=1S/C23H31N2O2/c1-2-14-25(16-20-27-21-17-25)15-4-6-23-9-7-22(8-10-23)5-3-11-24-12-18-26-19-13-24/h7-10H,2,11-21H2,1H3/q+1. The molecule has 2 heterocycles. The van der Waals surface area contributed by atoms with Crippen molar-refractivity contribution >= 4 is 0 Å². The summed E-state index contributed by atoms with van der Waals surface area (Å²) in [6.07, 6.45) is 1.19. The molecule has 4 heteroatoms. The molecule has 3 rings (SSSR count). The number of nitrogens with zero attached hydrogens (tertiary/aromatic N) is 2. The fourth-order valence-electron chi connectivity index (χ4n) is 3.62. The van der Waals surface area contributed by atoms with E-state index in [-0.39, 0.29) is 0 Å². The average Bonchev–Trinajstić information content (AvgIpc) is 2.71. The molecule has 2 aliphatic heterocycles. The lowest BCUT2D eigenvalue weighted by Gasteiger charge is -2.39. The lowest BCUT2D eigenvalue weighted by molar-refractivity contribution is -0.928. The fourth-order valence-corrected chi connectivity index (χ4v) is 3.62. The maximum absolute atomic E-state index is 5.53. The van der Waals surface area contributed by atoms with Gasteiger partial charge in [0.25, 0.3) is 0 Å². The lowest BCUT2D eigenvalue weighted by atomic mass is 10.1. The van der Waals surface area contributed by atoms with Gasteiger partial charge in [0, 0.05) is 24.2 Å². The second kappa shape index (κ2) is 10.5. The zero-order valence-corrected chi connectivity index (χ0v) is 16.5. The molecule has 0 bridgehead atoms. The van der Waals surface area contributed by atoms with Crippen LogP contribution in [-0.2, 0) is 9.47 Å². The molecule has 1 aromatic rings. The van der Waals surface area contributed by atoms with Crippen LogP contribution in [0.5, 0.6) is 0 Å². The van der Waals surface area contributed by atoms with Crippen molar-refractivity contribution in [3.63, 3.8) is 0 Å². The molecule has 0 aliphatic carbocycles. The third-order valence-corrected chi connectivity index (χ3v) is 5.29. The molecule has 0 saturated carbocycles. The van der Waals surface area contributed by atoms with Gasteiger partial charge in [0.1, 0.15) is 19.6 Å². The Morgan fingerprint density at radius 1 is 0.889 bits per heavy atom. The van der Waals surface area contributed by atoms with Crippen LogP contribution in [0.25, 0.3) is 0 Å². The van der Waals surface area contributed by atoms with Crippen molar-refractivity contribution in [1.29, 1.82) is 0 Å². The minimum Gasteiger partial charge on any atom is -0.379 e. The maximum atomic E-state index is 5.53. The van der Waals surface area contributed by atoms with Gasteiger partial charge >= 0.3 is 0 Å². The van der Waals surface area contributed by atoms with Gasteiger partial charge in [-0.25, -0.2) is 0 Å². The molecule has 0 radical (unpaired) electrons. The highest BCUT2D eigenvalue weighted by molar-refractivity contribution is 5.42. The summed E-state index contributed by atoms with van der Waals surface area (Å²) in [5.41, 5.74) is 2.12. The predicted molar refractivity (Wildman–Crippen MR) is 108 cm³/mol. The molecule has 4 nitrogen and oxygen atoms in total. The van der Waals surface area contributed by atoms with Gasteiger partial charge in [0.05, 0.1) is 39.5 Å². The number of hydrogen-bond donors (Lipinski definition) is 0. The van der Waals surface area contributed by atoms with Gasteiger partial charge in [0.2, 0.25) is 0 Å². The van der Waals surface area contributed by atoms with Crippen LogP contribution in [0.2, 0.25) is 0 Å². The Hall–Kier alpha value is -1.82. The molecule has 2 aliphatic rings. The summed E-state index contributed by atoms with van der Waals surface area (Å²) in [7, 11) is 0. The second-order valence-corrected chi connectivity index (χ2v) is 7.35. The van der Waals surface area contributed by atoms with Crippen LogP contribution < -0.4 is 0 Å². The first-order chi connectivity index (χ1) is 13.3. The Kier molecular flexibility index (Phi) is 7.75. The van der Waals surface area contributed by atoms with Gasteiger partial charge in [-0.15, -0.1) is 0 Å². The predicted octanol–water partition coefficient (Wildman–Crippen LogP) is 1.98. The monoisotopic (exact) mass is 367 g/mol. The van der Waals surface area contributed by atoms with E-state index in [2.05, 4.69) is 59.8 Å². The molecule has 0 unspecified atom stereocenters. The molecule has 0 amide bonds. The molecule has 1 aromatic carbocycles. The van der Waals surface area contributed by atoms with Crippen molar-refractivity contribution in [2.45, 2.75) is 13.3 Å². The molecule has 0 atom stereocenters. The van der Waals surface area contributed by atoms with E-state index in [0.717, 1.165) is 81.3 Å². The quantitative estimate of drug-likeness (QED) is 0.600. The molecule has 2 fully saturated rings. The zero-order valence-electron chi connectivity index (χ0n) is 16.5. The number of benzene rings is 1. The van der Waals surface area contributed by atoms with Gasteiger partial charge in [-0.3, -0.25) is 4.90 Å². The summed E-state index contributed by atoms with van der Waals surface area (Å²) < 4.78 is 12.0. The molecule has 144 valence electrons. The van der Waals surface area contributed by atoms with Crippen LogP contribution in [0.3, 0.4) is 0 Å². The van der Waals surface area contributed by atoms with E-state index in [1.807, 2.05) is 0 Å². The van der Waals surface area contributed by atoms with Gasteiger partial charge in [0.15, 0.2) is 0 Å². The number of rotatable bonds is 4. The van der Waals surface area contributed by atoms with E-state index >= 15 is 0 Å². The number of hydrogen-bond acceptors (Lipinski definition) is 3. The van der Waals surface area contributed by atoms with Crippen molar-refractivity contribution in [2.75, 3.05) is 72.2 Å². The lowest BCUT2D eigenvalue weighted by Crippen LogP contribution is -2.55. The van der Waals surface area contributed by atoms with Gasteiger partial charge in [-0.1, -0.05) is 24.7 Å². The minimum atomic E-state index is 0.812. The van der Waals surface area contributed by atoms with Crippen LogP contribution in [0, 0.1) is 23.7 Å². The summed E-state index contributed by atoms with van der Waals surface area (Å²) in [5.74, 6) is 13.3. The van der Waals surface area contributed by atoms with E-state index in [9.17, 15) is 0 Å². The summed E-state index contributed by atoms with van der Waals surface area (Å²) >= 11 is 0. The van der Waals surface area contributed by atoms with Gasteiger partial charge < -0.3 is 14.0 Å². The summed E-state index contributed by atoms with van der Waals surface area (Å²) in [5, 5.41) is 0. The Morgan fingerprint density at radius 2 is 1.48 bits per heavy atom. The average molecular weight is 368 g/mol. The topological polar surface area (TPSA) is 21.7 Å². The Balaban J connectivity index is 1.52. The summed E-state index contributed by atoms with van der Waals surface area (Å²) in [4.78, 5) is 2.33. The van der Waals surface area contributed by atoms with Gasteiger partial charge in [-0.05, 0) is 36.6 Å². The number of ether oxygens (including phenoxy) is 2. The van der Waals surface area contributed by atoms with Crippen molar-refractivity contribution < 1.29 is 14.0 Å². The van der Waals surface area contributed by atoms with E-state index in [0.29, 0.717) is 0 Å². The van der Waals surface area contributed by atoms with Crippen molar-refractivity contribution in [3.05, 3.63) is 35.4 Å². The number of quaternary nitrogens is 1. The molecule has 0 spiro atoms. The highest BCUT2D eigenvalue weighted by atomic mass is 16.5. The smallest absolute Gasteiger partial charge is 0.141 e. The molecule has 0 aromatic heterocycles. The van der Waals surface area contributed by atoms with E-state index in [4.69, 9.17) is 9.47 Å². The van der Waals surface area contributed by atoms with E-state index in [1.54, 1.807) is 0 Å². The number of morpholine rings is 2. The molecule has 2 saturated heterocycles. The minimum absolute atomic E-state index is 0.812. The fraction of sp³-hybridized carbons (Fsp3) is 0.565. The SMILES string of the molecule is CCC[N+]1(CC#Cc2ccc(C#CCN3CCOCC3)cc2)CCOCC1. The first kappa shape index (κ1) is 19.9. The molecule has 0 N–H and O–H groups in total. The first-order valence-corrected chi connectivity index (χ1v) is 10.1. The maximum Gasteiger partial charge on any atom is 0.141 e.